The van der Waals surface area contributed by atoms with Gasteiger partial charge in [-0.25, -0.2) is 4.98 Å². The van der Waals surface area contributed by atoms with Gasteiger partial charge >= 0.3 is 0 Å². The Bertz CT molecular complexity index is 548. The highest BCUT2D eigenvalue weighted by Crippen LogP contribution is 2.26. The van der Waals surface area contributed by atoms with E-state index in [4.69, 9.17) is 0 Å². The van der Waals surface area contributed by atoms with Crippen LogP contribution in [0.2, 0.25) is 0 Å². The van der Waals surface area contributed by atoms with E-state index in [2.05, 4.69) is 20.6 Å². The molecule has 6 heteroatoms. The van der Waals surface area contributed by atoms with Gasteiger partial charge in [0, 0.05) is 38.3 Å². The van der Waals surface area contributed by atoms with Crippen molar-refractivity contribution in [3.63, 3.8) is 0 Å². The summed E-state index contributed by atoms with van der Waals surface area (Å²) in [6, 6.07) is 2.63. The van der Waals surface area contributed by atoms with E-state index in [0.29, 0.717) is 18.0 Å². The van der Waals surface area contributed by atoms with Gasteiger partial charge in [0.1, 0.15) is 5.82 Å². The number of carbonyl (C=O) groups is 1. The fourth-order valence-corrected chi connectivity index (χ4v) is 3.74. The van der Waals surface area contributed by atoms with Crippen molar-refractivity contribution in [2.75, 3.05) is 24.3 Å². The van der Waals surface area contributed by atoms with E-state index in [1.807, 2.05) is 25.1 Å². The van der Waals surface area contributed by atoms with Gasteiger partial charge in [-0.3, -0.25) is 4.79 Å². The maximum Gasteiger partial charge on any atom is 0.224 e. The van der Waals surface area contributed by atoms with Crippen LogP contribution in [0, 0.1) is 5.92 Å². The van der Waals surface area contributed by atoms with Crippen molar-refractivity contribution in [3.05, 3.63) is 12.3 Å². The standard InChI is InChI=1S/C18H29N5O/c1-23(2)16-11-12-19-18(22-16)21-15-9-7-14(8-10-15)20-17(24)13-5-3-4-6-13/h11-15H,3-10H2,1-2H3,(H,20,24)(H,19,21,22). The number of hydrogen-bond donors (Lipinski definition) is 2. The molecule has 0 radical (unpaired) electrons. The number of aromatic nitrogens is 2. The smallest absolute Gasteiger partial charge is 0.224 e. The van der Waals surface area contributed by atoms with Gasteiger partial charge < -0.3 is 15.5 Å². The second-order valence-corrected chi connectivity index (χ2v) is 7.32. The van der Waals surface area contributed by atoms with Crippen LogP contribution in [0.3, 0.4) is 0 Å². The summed E-state index contributed by atoms with van der Waals surface area (Å²) in [5.41, 5.74) is 0. The van der Waals surface area contributed by atoms with Crippen LogP contribution in [0.1, 0.15) is 51.4 Å². The molecule has 0 unspecified atom stereocenters. The van der Waals surface area contributed by atoms with E-state index < -0.39 is 0 Å². The molecule has 3 rings (SSSR count). The Hall–Kier alpha value is -1.85. The van der Waals surface area contributed by atoms with Crippen LogP contribution in [0.15, 0.2) is 12.3 Å². The predicted molar refractivity (Wildman–Crippen MR) is 96.1 cm³/mol. The zero-order valence-electron chi connectivity index (χ0n) is 14.8. The lowest BCUT2D eigenvalue weighted by atomic mass is 9.90. The molecule has 6 nitrogen and oxygen atoms in total. The lowest BCUT2D eigenvalue weighted by Gasteiger charge is -2.30. The molecule has 2 aliphatic rings. The molecule has 132 valence electrons. The van der Waals surface area contributed by atoms with Gasteiger partial charge in [-0.1, -0.05) is 12.8 Å². The van der Waals surface area contributed by atoms with Gasteiger partial charge in [0.2, 0.25) is 11.9 Å². The number of anilines is 2. The van der Waals surface area contributed by atoms with Gasteiger partial charge in [-0.05, 0) is 44.6 Å². The highest BCUT2D eigenvalue weighted by atomic mass is 16.1. The monoisotopic (exact) mass is 331 g/mol. The quantitative estimate of drug-likeness (QED) is 0.868. The summed E-state index contributed by atoms with van der Waals surface area (Å²) >= 11 is 0. The molecule has 1 amide bonds. The Kier molecular flexibility index (Phi) is 5.53. The van der Waals surface area contributed by atoms with Crippen LogP contribution < -0.4 is 15.5 Å². The van der Waals surface area contributed by atoms with E-state index in [1.54, 1.807) is 6.20 Å². The zero-order chi connectivity index (χ0) is 16.9. The van der Waals surface area contributed by atoms with Crippen molar-refractivity contribution in [2.24, 2.45) is 5.92 Å². The van der Waals surface area contributed by atoms with Crippen molar-refractivity contribution in [1.82, 2.24) is 15.3 Å². The number of rotatable bonds is 5. The largest absolute Gasteiger partial charge is 0.363 e. The SMILES string of the molecule is CN(C)c1ccnc(NC2CCC(NC(=O)C3CCCC3)CC2)n1. The third kappa shape index (κ3) is 4.36. The summed E-state index contributed by atoms with van der Waals surface area (Å²) in [6.07, 6.45) is 10.5. The molecule has 2 fully saturated rings. The molecular weight excluding hydrogens is 302 g/mol. The first-order valence-corrected chi connectivity index (χ1v) is 9.19. The average molecular weight is 331 g/mol. The lowest BCUT2D eigenvalue weighted by molar-refractivity contribution is -0.125. The Balaban J connectivity index is 1.45. The predicted octanol–water partition coefficient (Wildman–Crippen LogP) is 2.57. The third-order valence-corrected chi connectivity index (χ3v) is 5.23. The highest BCUT2D eigenvalue weighted by molar-refractivity contribution is 5.79. The van der Waals surface area contributed by atoms with Gasteiger partial charge in [0.25, 0.3) is 0 Å². The number of hydrogen-bond acceptors (Lipinski definition) is 5. The van der Waals surface area contributed by atoms with Crippen LogP contribution in [0.5, 0.6) is 0 Å². The molecule has 1 heterocycles. The van der Waals surface area contributed by atoms with Gasteiger partial charge in [-0.2, -0.15) is 4.98 Å². The molecule has 0 spiro atoms. The molecule has 1 aromatic rings. The molecule has 2 N–H and O–H groups in total. The zero-order valence-corrected chi connectivity index (χ0v) is 14.8. The Labute approximate surface area is 144 Å². The van der Waals surface area contributed by atoms with Crippen LogP contribution in [0.4, 0.5) is 11.8 Å². The van der Waals surface area contributed by atoms with Crippen LogP contribution in [0.25, 0.3) is 0 Å². The lowest BCUT2D eigenvalue weighted by Crippen LogP contribution is -2.42. The molecule has 0 atom stereocenters. The summed E-state index contributed by atoms with van der Waals surface area (Å²) in [5.74, 6) is 2.15. The first-order chi connectivity index (χ1) is 11.6. The molecule has 0 saturated heterocycles. The van der Waals surface area contributed by atoms with Gasteiger partial charge in [-0.15, -0.1) is 0 Å². The van der Waals surface area contributed by atoms with Crippen molar-refractivity contribution in [1.29, 1.82) is 0 Å². The van der Waals surface area contributed by atoms with Crippen molar-refractivity contribution in [3.8, 4) is 0 Å². The fourth-order valence-electron chi connectivity index (χ4n) is 3.74. The molecule has 0 aromatic carbocycles. The summed E-state index contributed by atoms with van der Waals surface area (Å²) in [5, 5.41) is 6.71. The van der Waals surface area contributed by atoms with E-state index >= 15 is 0 Å². The first kappa shape index (κ1) is 17.0. The normalized spacial score (nSPS) is 24.6. The molecule has 24 heavy (non-hydrogen) atoms. The van der Waals surface area contributed by atoms with E-state index in [9.17, 15) is 4.79 Å². The topological polar surface area (TPSA) is 70.2 Å². The Morgan fingerprint density at radius 2 is 1.75 bits per heavy atom. The van der Waals surface area contributed by atoms with Crippen molar-refractivity contribution in [2.45, 2.75) is 63.5 Å². The van der Waals surface area contributed by atoms with Crippen molar-refractivity contribution < 1.29 is 4.79 Å². The fraction of sp³-hybridized carbons (Fsp3) is 0.722. The summed E-state index contributed by atoms with van der Waals surface area (Å²) in [6.45, 7) is 0. The van der Waals surface area contributed by atoms with Gasteiger partial charge in [0.15, 0.2) is 0 Å². The number of carbonyl (C=O) groups excluding carboxylic acids is 1. The molecular formula is C18H29N5O. The number of nitrogens with one attached hydrogen (secondary N) is 2. The first-order valence-electron chi connectivity index (χ1n) is 9.19. The average Bonchev–Trinajstić information content (AvgIpc) is 3.11. The van der Waals surface area contributed by atoms with Crippen molar-refractivity contribution >= 4 is 17.7 Å². The minimum atomic E-state index is 0.267. The second-order valence-electron chi connectivity index (χ2n) is 7.32. The number of nitrogens with zero attached hydrogens (tertiary/aromatic N) is 3. The molecule has 2 saturated carbocycles. The minimum Gasteiger partial charge on any atom is -0.363 e. The Morgan fingerprint density at radius 3 is 2.42 bits per heavy atom. The van der Waals surface area contributed by atoms with Crippen LogP contribution >= 0.6 is 0 Å². The van der Waals surface area contributed by atoms with E-state index in [1.165, 1.54) is 12.8 Å². The summed E-state index contributed by atoms with van der Waals surface area (Å²) in [4.78, 5) is 23.0. The molecule has 0 aliphatic heterocycles. The summed E-state index contributed by atoms with van der Waals surface area (Å²) in [7, 11) is 3.95. The Morgan fingerprint density at radius 1 is 1.08 bits per heavy atom. The van der Waals surface area contributed by atoms with Crippen LogP contribution in [-0.2, 0) is 4.79 Å². The highest BCUT2D eigenvalue weighted by Gasteiger charge is 2.27. The number of amides is 1. The van der Waals surface area contributed by atoms with Crippen LogP contribution in [-0.4, -0.2) is 42.1 Å². The second kappa shape index (κ2) is 7.81. The maximum atomic E-state index is 12.2. The molecule has 0 bridgehead atoms. The van der Waals surface area contributed by atoms with E-state index in [-0.39, 0.29) is 11.8 Å². The maximum absolute atomic E-state index is 12.2. The minimum absolute atomic E-state index is 0.267. The van der Waals surface area contributed by atoms with Gasteiger partial charge in [0.05, 0.1) is 0 Å². The molecule has 2 aliphatic carbocycles. The third-order valence-electron chi connectivity index (χ3n) is 5.23. The summed E-state index contributed by atoms with van der Waals surface area (Å²) < 4.78 is 0. The van der Waals surface area contributed by atoms with E-state index in [0.717, 1.165) is 44.3 Å². The molecule has 1 aromatic heterocycles.